The van der Waals surface area contributed by atoms with Gasteiger partial charge in [-0.15, -0.1) is 0 Å². The quantitative estimate of drug-likeness (QED) is 0.662. The number of rotatable bonds is 4. The number of halogens is 3. The lowest BCUT2D eigenvalue weighted by molar-refractivity contribution is -0.137. The zero-order chi connectivity index (χ0) is 19.4. The van der Waals surface area contributed by atoms with Gasteiger partial charge in [0.05, 0.1) is 5.56 Å². The molecule has 0 radical (unpaired) electrons. The molecule has 0 bridgehead atoms. The predicted molar refractivity (Wildman–Crippen MR) is 94.9 cm³/mol. The number of pyridine rings is 1. The van der Waals surface area contributed by atoms with E-state index >= 15 is 0 Å². The predicted octanol–water partition coefficient (Wildman–Crippen LogP) is 5.45. The number of hydrogen-bond donors (Lipinski definition) is 1. The Bertz CT molecular complexity index is 971. The number of carbonyl (C=O) groups excluding carboxylic acids is 1. The van der Waals surface area contributed by atoms with Crippen LogP contribution in [-0.4, -0.2) is 10.9 Å². The Labute approximate surface area is 153 Å². The Morgan fingerprint density at radius 3 is 2.41 bits per heavy atom. The number of carbonyl (C=O) groups is 1. The number of aromatic nitrogens is 1. The van der Waals surface area contributed by atoms with E-state index in [1.165, 1.54) is 18.2 Å². The normalized spacial score (nSPS) is 11.1. The van der Waals surface area contributed by atoms with Crippen molar-refractivity contribution in [2.45, 2.75) is 13.1 Å². The SMILES string of the molecule is Cc1cccnc1NC(=O)c1cccc(Oc2cccc(C(F)(F)F)c2)c1. The van der Waals surface area contributed by atoms with Crippen molar-refractivity contribution in [2.75, 3.05) is 5.32 Å². The number of nitrogens with zero attached hydrogens (tertiary/aromatic N) is 1. The van der Waals surface area contributed by atoms with E-state index in [0.717, 1.165) is 17.7 Å². The molecule has 0 saturated carbocycles. The monoisotopic (exact) mass is 372 g/mol. The molecule has 138 valence electrons. The molecule has 0 aliphatic carbocycles. The fourth-order valence-corrected chi connectivity index (χ4v) is 2.37. The standard InChI is InChI=1S/C20H15F3N2O2/c1-13-5-4-10-24-18(13)25-19(26)14-6-2-8-16(11-14)27-17-9-3-7-15(12-17)20(21,22)23/h2-12H,1H3,(H,24,25,26). The number of benzene rings is 2. The Hall–Kier alpha value is -3.35. The van der Waals surface area contributed by atoms with Gasteiger partial charge >= 0.3 is 6.18 Å². The first-order valence-corrected chi connectivity index (χ1v) is 8.01. The first-order valence-electron chi connectivity index (χ1n) is 8.01. The van der Waals surface area contributed by atoms with Crippen molar-refractivity contribution in [3.05, 3.63) is 83.6 Å². The lowest BCUT2D eigenvalue weighted by atomic mass is 10.2. The Morgan fingerprint density at radius 2 is 1.70 bits per heavy atom. The minimum Gasteiger partial charge on any atom is -0.457 e. The third-order valence-corrected chi connectivity index (χ3v) is 3.73. The van der Waals surface area contributed by atoms with Gasteiger partial charge in [0.25, 0.3) is 5.91 Å². The molecule has 0 unspecified atom stereocenters. The number of amides is 1. The van der Waals surface area contributed by atoms with E-state index in [1.54, 1.807) is 30.5 Å². The summed E-state index contributed by atoms with van der Waals surface area (Å²) in [5.41, 5.74) is 0.297. The van der Waals surface area contributed by atoms with Crippen molar-refractivity contribution in [1.29, 1.82) is 0 Å². The fraction of sp³-hybridized carbons (Fsp3) is 0.100. The zero-order valence-corrected chi connectivity index (χ0v) is 14.2. The van der Waals surface area contributed by atoms with Gasteiger partial charge in [-0.25, -0.2) is 4.98 Å². The average molecular weight is 372 g/mol. The highest BCUT2D eigenvalue weighted by atomic mass is 19.4. The second-order valence-corrected chi connectivity index (χ2v) is 5.78. The molecule has 0 saturated heterocycles. The largest absolute Gasteiger partial charge is 0.457 e. The van der Waals surface area contributed by atoms with E-state index in [2.05, 4.69) is 10.3 Å². The third-order valence-electron chi connectivity index (χ3n) is 3.73. The summed E-state index contributed by atoms with van der Waals surface area (Å²) in [7, 11) is 0. The Kier molecular flexibility index (Phi) is 5.12. The molecule has 3 rings (SSSR count). The molecule has 1 heterocycles. The number of alkyl halides is 3. The van der Waals surface area contributed by atoms with E-state index in [0.29, 0.717) is 11.4 Å². The van der Waals surface area contributed by atoms with E-state index in [-0.39, 0.29) is 11.5 Å². The first kappa shape index (κ1) is 18.4. The van der Waals surface area contributed by atoms with E-state index in [9.17, 15) is 18.0 Å². The molecular weight excluding hydrogens is 357 g/mol. The Balaban J connectivity index is 1.78. The molecule has 1 N–H and O–H groups in total. The van der Waals surface area contributed by atoms with Crippen LogP contribution in [0.25, 0.3) is 0 Å². The van der Waals surface area contributed by atoms with Crippen LogP contribution in [-0.2, 0) is 6.18 Å². The van der Waals surface area contributed by atoms with Gasteiger partial charge < -0.3 is 10.1 Å². The number of aryl methyl sites for hydroxylation is 1. The zero-order valence-electron chi connectivity index (χ0n) is 14.2. The van der Waals surface area contributed by atoms with Gasteiger partial charge in [0.1, 0.15) is 17.3 Å². The van der Waals surface area contributed by atoms with Crippen molar-refractivity contribution in [3.8, 4) is 11.5 Å². The van der Waals surface area contributed by atoms with Gasteiger partial charge in [-0.1, -0.05) is 18.2 Å². The van der Waals surface area contributed by atoms with Crippen molar-refractivity contribution >= 4 is 11.7 Å². The van der Waals surface area contributed by atoms with E-state index in [1.807, 2.05) is 13.0 Å². The van der Waals surface area contributed by atoms with Crippen LogP contribution in [0, 0.1) is 6.92 Å². The highest BCUT2D eigenvalue weighted by molar-refractivity contribution is 6.04. The first-order chi connectivity index (χ1) is 12.8. The molecule has 1 amide bonds. The van der Waals surface area contributed by atoms with Crippen LogP contribution < -0.4 is 10.1 Å². The van der Waals surface area contributed by atoms with Crippen molar-refractivity contribution < 1.29 is 22.7 Å². The van der Waals surface area contributed by atoms with Gasteiger partial charge in [-0.2, -0.15) is 13.2 Å². The lowest BCUT2D eigenvalue weighted by Gasteiger charge is -2.11. The molecule has 2 aromatic carbocycles. The molecule has 0 spiro atoms. The van der Waals surface area contributed by atoms with Crippen LogP contribution in [0.15, 0.2) is 66.9 Å². The molecule has 1 aromatic heterocycles. The summed E-state index contributed by atoms with van der Waals surface area (Å²) in [5, 5.41) is 2.69. The summed E-state index contributed by atoms with van der Waals surface area (Å²) >= 11 is 0. The minimum atomic E-state index is -4.46. The highest BCUT2D eigenvalue weighted by Crippen LogP contribution is 2.32. The molecule has 0 fully saturated rings. The number of anilines is 1. The van der Waals surface area contributed by atoms with E-state index < -0.39 is 17.6 Å². The van der Waals surface area contributed by atoms with E-state index in [4.69, 9.17) is 4.74 Å². The van der Waals surface area contributed by atoms with Crippen molar-refractivity contribution in [2.24, 2.45) is 0 Å². The minimum absolute atomic E-state index is 0.0305. The fourth-order valence-electron chi connectivity index (χ4n) is 2.37. The van der Waals surface area contributed by atoms with Gasteiger partial charge in [0.15, 0.2) is 0 Å². The molecule has 4 nitrogen and oxygen atoms in total. The number of ether oxygens (including phenoxy) is 1. The topological polar surface area (TPSA) is 51.2 Å². The number of hydrogen-bond acceptors (Lipinski definition) is 3. The molecule has 0 aliphatic rings. The molecular formula is C20H15F3N2O2. The summed E-state index contributed by atoms with van der Waals surface area (Å²) in [6.45, 7) is 1.82. The van der Waals surface area contributed by atoms with Gasteiger partial charge in [-0.05, 0) is 55.0 Å². The second kappa shape index (κ2) is 7.49. The van der Waals surface area contributed by atoms with Crippen LogP contribution in [0.4, 0.5) is 19.0 Å². The maximum absolute atomic E-state index is 12.8. The summed E-state index contributed by atoms with van der Waals surface area (Å²) in [6.07, 6.45) is -2.89. The second-order valence-electron chi connectivity index (χ2n) is 5.78. The van der Waals surface area contributed by atoms with Crippen LogP contribution >= 0.6 is 0 Å². The number of nitrogens with one attached hydrogen (secondary N) is 1. The van der Waals surface area contributed by atoms with Crippen LogP contribution in [0.1, 0.15) is 21.5 Å². The molecule has 0 atom stereocenters. The molecule has 0 aliphatic heterocycles. The maximum Gasteiger partial charge on any atom is 0.416 e. The van der Waals surface area contributed by atoms with Gasteiger partial charge in [-0.3, -0.25) is 4.79 Å². The summed E-state index contributed by atoms with van der Waals surface area (Å²) in [6, 6.07) is 14.3. The Morgan fingerprint density at radius 1 is 1.00 bits per heavy atom. The maximum atomic E-state index is 12.8. The van der Waals surface area contributed by atoms with Gasteiger partial charge in [0.2, 0.25) is 0 Å². The van der Waals surface area contributed by atoms with Crippen LogP contribution in [0.3, 0.4) is 0 Å². The lowest BCUT2D eigenvalue weighted by Crippen LogP contribution is -2.13. The van der Waals surface area contributed by atoms with Crippen molar-refractivity contribution in [3.63, 3.8) is 0 Å². The van der Waals surface area contributed by atoms with Crippen LogP contribution in [0.5, 0.6) is 11.5 Å². The molecule has 27 heavy (non-hydrogen) atoms. The van der Waals surface area contributed by atoms with Crippen molar-refractivity contribution in [1.82, 2.24) is 4.98 Å². The van der Waals surface area contributed by atoms with Crippen LogP contribution in [0.2, 0.25) is 0 Å². The summed E-state index contributed by atoms with van der Waals surface area (Å²) in [5.74, 6) is 0.320. The third kappa shape index (κ3) is 4.63. The smallest absolute Gasteiger partial charge is 0.416 e. The summed E-state index contributed by atoms with van der Waals surface area (Å²) in [4.78, 5) is 16.5. The molecule has 3 aromatic rings. The summed E-state index contributed by atoms with van der Waals surface area (Å²) < 4.78 is 43.9. The average Bonchev–Trinajstić information content (AvgIpc) is 2.63. The highest BCUT2D eigenvalue weighted by Gasteiger charge is 2.30. The molecule has 7 heteroatoms. The van der Waals surface area contributed by atoms with Gasteiger partial charge in [0, 0.05) is 11.8 Å².